The molecule has 1 heterocycles. The minimum atomic E-state index is -0.377. The molecule has 0 aliphatic heterocycles. The molecule has 1 aromatic heterocycles. The van der Waals surface area contributed by atoms with Crippen LogP contribution < -0.4 is 15.5 Å². The van der Waals surface area contributed by atoms with Crippen molar-refractivity contribution >= 4 is 18.0 Å². The monoisotopic (exact) mass is 587 g/mol. The molecule has 0 atom stereocenters. The van der Waals surface area contributed by atoms with Gasteiger partial charge in [-0.15, -0.1) is 0 Å². The van der Waals surface area contributed by atoms with E-state index in [0.29, 0.717) is 13.0 Å². The van der Waals surface area contributed by atoms with Crippen molar-refractivity contribution in [2.75, 3.05) is 13.2 Å². The van der Waals surface area contributed by atoms with Gasteiger partial charge < -0.3 is 10.1 Å². The number of para-hydroxylation sites is 1. The Kier molecular flexibility index (Phi) is 15.6. The minimum Gasteiger partial charge on any atom is -0.494 e. The Labute approximate surface area is 257 Å². The van der Waals surface area contributed by atoms with Crippen molar-refractivity contribution in [1.29, 1.82) is 0 Å². The van der Waals surface area contributed by atoms with Crippen LogP contribution in [0.25, 0.3) is 16.9 Å². The van der Waals surface area contributed by atoms with Gasteiger partial charge >= 0.3 is 0 Å². The first-order chi connectivity index (χ1) is 21.1. The number of hydrazone groups is 1. The first kappa shape index (κ1) is 33.6. The lowest BCUT2D eigenvalue weighted by Gasteiger charge is -2.06. The summed E-state index contributed by atoms with van der Waals surface area (Å²) in [5, 5.41) is 11.6. The summed E-state index contributed by atoms with van der Waals surface area (Å²) in [5.74, 6) is 0.326. The van der Waals surface area contributed by atoms with Gasteiger partial charge in [-0.25, -0.2) is 10.1 Å². The van der Waals surface area contributed by atoms with Crippen molar-refractivity contribution in [1.82, 2.24) is 20.5 Å². The summed E-state index contributed by atoms with van der Waals surface area (Å²) >= 11 is 0. The summed E-state index contributed by atoms with van der Waals surface area (Å²) in [7, 11) is 0. The van der Waals surface area contributed by atoms with E-state index in [9.17, 15) is 9.59 Å². The van der Waals surface area contributed by atoms with E-state index in [1.165, 1.54) is 51.4 Å². The highest BCUT2D eigenvalue weighted by molar-refractivity contribution is 5.90. The number of aromatic nitrogens is 2. The van der Waals surface area contributed by atoms with Gasteiger partial charge in [0.2, 0.25) is 5.91 Å². The summed E-state index contributed by atoms with van der Waals surface area (Å²) in [5.41, 5.74) is 5.80. The number of carbonyl (C=O) groups excluding carboxylic acids is 2. The standard InChI is InChI=1S/C35H49N5O3/c1-3-5-6-7-8-9-10-11-12-13-17-20-33(41)36-27-34(42)38-37-26-30-28-40(31-18-15-14-16-19-31)39-35(30)29-21-23-32(24-22-29)43-25-4-2/h14-16,18-19,21-24,26,28H,3-13,17,20,25,27H2,1-2H3,(H,36,41)(H,38,42). The number of hydrogen-bond acceptors (Lipinski definition) is 5. The van der Waals surface area contributed by atoms with E-state index in [1.807, 2.05) is 60.8 Å². The van der Waals surface area contributed by atoms with Gasteiger partial charge in [-0.1, -0.05) is 96.3 Å². The van der Waals surface area contributed by atoms with Crippen molar-refractivity contribution in [3.63, 3.8) is 0 Å². The number of rotatable bonds is 21. The number of amides is 2. The Hall–Kier alpha value is -3.94. The normalized spacial score (nSPS) is 11.1. The van der Waals surface area contributed by atoms with Gasteiger partial charge in [-0.05, 0) is 49.2 Å². The molecule has 232 valence electrons. The Morgan fingerprint density at radius 1 is 0.814 bits per heavy atom. The topological polar surface area (TPSA) is 97.6 Å². The Bertz CT molecular complexity index is 1240. The highest BCUT2D eigenvalue weighted by Gasteiger charge is 2.12. The lowest BCUT2D eigenvalue weighted by atomic mass is 10.1. The van der Waals surface area contributed by atoms with E-state index in [2.05, 4.69) is 29.7 Å². The third-order valence-corrected chi connectivity index (χ3v) is 7.21. The number of nitrogens with one attached hydrogen (secondary N) is 2. The molecule has 0 bridgehead atoms. The van der Waals surface area contributed by atoms with E-state index >= 15 is 0 Å². The average Bonchev–Trinajstić information content (AvgIpc) is 3.46. The molecule has 2 aromatic carbocycles. The van der Waals surface area contributed by atoms with Crippen LogP contribution >= 0.6 is 0 Å². The van der Waals surface area contributed by atoms with Crippen LogP contribution in [0.15, 0.2) is 65.9 Å². The van der Waals surface area contributed by atoms with Crippen molar-refractivity contribution in [2.24, 2.45) is 5.10 Å². The molecule has 2 amide bonds. The Balaban J connectivity index is 1.42. The van der Waals surface area contributed by atoms with Gasteiger partial charge in [0.05, 0.1) is 25.1 Å². The number of unbranched alkanes of at least 4 members (excludes halogenated alkanes) is 10. The van der Waals surface area contributed by atoms with Crippen molar-refractivity contribution in [2.45, 2.75) is 97.3 Å². The molecule has 0 unspecified atom stereocenters. The van der Waals surface area contributed by atoms with Gasteiger partial charge in [0.25, 0.3) is 5.91 Å². The quantitative estimate of drug-likeness (QED) is 0.0762. The molecule has 0 aliphatic carbocycles. The fraction of sp³-hybridized carbons (Fsp3) is 0.486. The molecule has 0 saturated carbocycles. The molecular weight excluding hydrogens is 538 g/mol. The summed E-state index contributed by atoms with van der Waals surface area (Å²) in [6.07, 6.45) is 18.4. The zero-order valence-corrected chi connectivity index (χ0v) is 26.0. The van der Waals surface area contributed by atoms with Crippen LogP contribution in [0.4, 0.5) is 0 Å². The predicted octanol–water partition coefficient (Wildman–Crippen LogP) is 7.60. The number of benzene rings is 2. The minimum absolute atomic E-state index is 0.104. The van der Waals surface area contributed by atoms with Gasteiger partial charge in [-0.3, -0.25) is 9.59 Å². The van der Waals surface area contributed by atoms with Crippen LogP contribution in [0, 0.1) is 0 Å². The van der Waals surface area contributed by atoms with Gasteiger partial charge in [0.15, 0.2) is 0 Å². The van der Waals surface area contributed by atoms with Crippen molar-refractivity contribution in [3.8, 4) is 22.7 Å². The van der Waals surface area contributed by atoms with Crippen molar-refractivity contribution in [3.05, 3.63) is 66.4 Å². The highest BCUT2D eigenvalue weighted by atomic mass is 16.5. The molecule has 0 radical (unpaired) electrons. The van der Waals surface area contributed by atoms with Gasteiger partial charge in [-0.2, -0.15) is 10.2 Å². The summed E-state index contributed by atoms with van der Waals surface area (Å²) in [6, 6.07) is 17.6. The van der Waals surface area contributed by atoms with E-state index < -0.39 is 0 Å². The Morgan fingerprint density at radius 2 is 1.47 bits per heavy atom. The number of hydrogen-bond donors (Lipinski definition) is 2. The lowest BCUT2D eigenvalue weighted by molar-refractivity contribution is -0.126. The molecule has 0 aliphatic rings. The zero-order chi connectivity index (χ0) is 30.5. The molecule has 8 heteroatoms. The third-order valence-electron chi connectivity index (χ3n) is 7.21. The second kappa shape index (κ2) is 20.1. The molecule has 3 aromatic rings. The smallest absolute Gasteiger partial charge is 0.259 e. The van der Waals surface area contributed by atoms with Crippen LogP contribution in [0.3, 0.4) is 0 Å². The van der Waals surface area contributed by atoms with Crippen molar-refractivity contribution < 1.29 is 14.3 Å². The van der Waals surface area contributed by atoms with E-state index in [4.69, 9.17) is 9.84 Å². The second-order valence-corrected chi connectivity index (χ2v) is 10.9. The third kappa shape index (κ3) is 12.8. The summed E-state index contributed by atoms with van der Waals surface area (Å²) in [4.78, 5) is 24.5. The fourth-order valence-corrected chi connectivity index (χ4v) is 4.78. The van der Waals surface area contributed by atoms with Gasteiger partial charge in [0.1, 0.15) is 11.4 Å². The van der Waals surface area contributed by atoms with Crippen LogP contribution in [0.1, 0.15) is 103 Å². The molecule has 8 nitrogen and oxygen atoms in total. The molecule has 2 N–H and O–H groups in total. The van der Waals surface area contributed by atoms with E-state index in [1.54, 1.807) is 10.9 Å². The summed E-state index contributed by atoms with van der Waals surface area (Å²) < 4.78 is 7.50. The maximum absolute atomic E-state index is 12.3. The first-order valence-corrected chi connectivity index (χ1v) is 16.1. The lowest BCUT2D eigenvalue weighted by Crippen LogP contribution is -2.34. The number of nitrogens with zero attached hydrogens (tertiary/aromatic N) is 3. The molecule has 43 heavy (non-hydrogen) atoms. The molecular formula is C35H49N5O3. The highest BCUT2D eigenvalue weighted by Crippen LogP contribution is 2.25. The maximum Gasteiger partial charge on any atom is 0.259 e. The fourth-order valence-electron chi connectivity index (χ4n) is 4.78. The Morgan fingerprint density at radius 3 is 2.12 bits per heavy atom. The maximum atomic E-state index is 12.3. The first-order valence-electron chi connectivity index (χ1n) is 16.1. The molecule has 0 spiro atoms. The van der Waals surface area contributed by atoms with Crippen LogP contribution in [0.2, 0.25) is 0 Å². The zero-order valence-electron chi connectivity index (χ0n) is 26.0. The number of ether oxygens (including phenoxy) is 1. The van der Waals surface area contributed by atoms with E-state index in [-0.39, 0.29) is 18.4 Å². The van der Waals surface area contributed by atoms with Gasteiger partial charge in [0, 0.05) is 23.7 Å². The average molecular weight is 588 g/mol. The number of carbonyl (C=O) groups is 2. The molecule has 0 saturated heterocycles. The predicted molar refractivity (Wildman–Crippen MR) is 175 cm³/mol. The molecule has 0 fully saturated rings. The van der Waals surface area contributed by atoms with Crippen LogP contribution in [-0.2, 0) is 9.59 Å². The second-order valence-electron chi connectivity index (χ2n) is 10.9. The van der Waals surface area contributed by atoms with E-state index in [0.717, 1.165) is 53.9 Å². The summed E-state index contributed by atoms with van der Waals surface area (Å²) in [6.45, 7) is 4.88. The largest absolute Gasteiger partial charge is 0.494 e. The molecule has 3 rings (SSSR count). The van der Waals surface area contributed by atoms with Crippen LogP contribution in [-0.4, -0.2) is 41.0 Å². The SMILES string of the molecule is CCCCCCCCCCCCCC(=O)NCC(=O)NN=Cc1cn(-c2ccccc2)nc1-c1ccc(OCCC)cc1. The van der Waals surface area contributed by atoms with Crippen LogP contribution in [0.5, 0.6) is 5.75 Å².